The molecular formula is C48H62I4N8. The highest BCUT2D eigenvalue weighted by Gasteiger charge is 2.78. The first kappa shape index (κ1) is 45.4. The second-order valence-electron chi connectivity index (χ2n) is 21.6. The van der Waals surface area contributed by atoms with Crippen molar-refractivity contribution in [1.82, 2.24) is 0 Å². The molecule has 0 amide bonds. The van der Waals surface area contributed by atoms with Crippen molar-refractivity contribution in [3.05, 3.63) is 118 Å². The second kappa shape index (κ2) is 14.2. The molecule has 4 aromatic rings. The Hall–Kier alpha value is -1.16. The van der Waals surface area contributed by atoms with E-state index in [1.54, 1.807) is 11.1 Å². The van der Waals surface area contributed by atoms with Gasteiger partial charge in [0.05, 0.1) is 93.4 Å². The topological polar surface area (TPSA) is 48.1 Å². The third kappa shape index (κ3) is 5.13. The lowest BCUT2D eigenvalue weighted by Gasteiger charge is -2.47. The molecular weight excluding hydrogens is 1200 g/mol. The van der Waals surface area contributed by atoms with Gasteiger partial charge in [-0.1, -0.05) is 72.8 Å². The largest absolute Gasteiger partial charge is 1.00 e. The Kier molecular flexibility index (Phi) is 10.7. The number of rotatable bonds is 3. The predicted molar refractivity (Wildman–Crippen MR) is 227 cm³/mol. The molecule has 4 saturated heterocycles. The Balaban J connectivity index is 0.00000125. The molecule has 8 heterocycles. The van der Waals surface area contributed by atoms with Gasteiger partial charge >= 0.3 is 0 Å². The molecule has 60 heavy (non-hydrogen) atoms. The van der Waals surface area contributed by atoms with Gasteiger partial charge in [0.25, 0.3) is 0 Å². The number of fused-ring (bicyclic) bond motifs is 13. The van der Waals surface area contributed by atoms with Gasteiger partial charge in [-0.2, -0.15) is 0 Å². The first-order valence-corrected chi connectivity index (χ1v) is 21.5. The molecule has 4 aromatic carbocycles. The molecule has 0 aliphatic carbocycles. The summed E-state index contributed by atoms with van der Waals surface area (Å²) < 4.78 is 3.91. The average molecular weight is 1260 g/mol. The lowest BCUT2D eigenvalue weighted by Crippen LogP contribution is -3.00. The Morgan fingerprint density at radius 2 is 0.700 bits per heavy atom. The number of quaternary nitrogens is 4. The zero-order valence-corrected chi connectivity index (χ0v) is 45.0. The Labute approximate surface area is 426 Å². The van der Waals surface area contributed by atoms with Crippen LogP contribution in [0.3, 0.4) is 0 Å². The lowest BCUT2D eigenvalue weighted by molar-refractivity contribution is -0.906. The van der Waals surface area contributed by atoms with Crippen LogP contribution in [-0.2, 0) is 21.7 Å². The average Bonchev–Trinajstić information content (AvgIpc) is 4.03. The van der Waals surface area contributed by atoms with E-state index in [9.17, 15) is 0 Å². The van der Waals surface area contributed by atoms with Crippen molar-refractivity contribution < 1.29 is 114 Å². The summed E-state index contributed by atoms with van der Waals surface area (Å²) in [5.41, 5.74) is 14.3. The summed E-state index contributed by atoms with van der Waals surface area (Å²) in [5, 5.41) is 17.2. The molecule has 0 bridgehead atoms. The van der Waals surface area contributed by atoms with Crippen LogP contribution in [0.15, 0.2) is 84.9 Å². The van der Waals surface area contributed by atoms with Gasteiger partial charge in [-0.05, 0) is 45.5 Å². The van der Waals surface area contributed by atoms with E-state index in [4.69, 9.17) is 0 Å². The summed E-state index contributed by atoms with van der Waals surface area (Å²) in [4.78, 5) is 0. The summed E-state index contributed by atoms with van der Waals surface area (Å²) in [6.07, 6.45) is 5.76. The minimum absolute atomic E-state index is 0. The fourth-order valence-electron chi connectivity index (χ4n) is 15.4. The number of likely N-dealkylation sites (tertiary alicyclic amines) is 4. The fraction of sp³-hybridized carbons (Fsp3) is 0.500. The molecule has 8 aliphatic rings. The SMILES string of the molecule is C[N+]1(C)CC[C@@]2([C@]34CC[N+](C)(C)[C@H]3Nc3c([C@]56CC[N+](C)(C)[C@H]5Nc5c([C@]78CC[N+](C)(C)[C@H]7Nc7ccccc78)cccc56)cccc34)c3ccccc3N[C@H]21.[I-].[I-].[I-].[I-]. The van der Waals surface area contributed by atoms with Crippen LogP contribution < -0.4 is 117 Å². The molecule has 12 heteroatoms. The van der Waals surface area contributed by atoms with E-state index >= 15 is 0 Å². The van der Waals surface area contributed by atoms with Crippen LogP contribution in [-0.4, -0.2) is 125 Å². The number of benzene rings is 4. The van der Waals surface area contributed by atoms with Crippen LogP contribution in [0.4, 0.5) is 22.7 Å². The molecule has 0 aromatic heterocycles. The van der Waals surface area contributed by atoms with Crippen molar-refractivity contribution in [3.63, 3.8) is 0 Å². The van der Waals surface area contributed by atoms with Gasteiger partial charge in [0.15, 0.2) is 24.7 Å². The Morgan fingerprint density at radius 3 is 1.27 bits per heavy atom. The van der Waals surface area contributed by atoms with Crippen LogP contribution in [0.1, 0.15) is 59.1 Å². The van der Waals surface area contributed by atoms with Crippen LogP contribution in [0.5, 0.6) is 0 Å². The third-order valence-electron chi connectivity index (χ3n) is 17.8. The van der Waals surface area contributed by atoms with E-state index in [2.05, 4.69) is 163 Å². The monoisotopic (exact) mass is 1260 g/mol. The van der Waals surface area contributed by atoms with E-state index in [0.29, 0.717) is 6.17 Å². The van der Waals surface area contributed by atoms with E-state index in [1.165, 1.54) is 70.9 Å². The number of halogens is 4. The highest BCUT2D eigenvalue weighted by molar-refractivity contribution is 5.81. The molecule has 0 radical (unpaired) electrons. The van der Waals surface area contributed by atoms with E-state index < -0.39 is 0 Å². The lowest BCUT2D eigenvalue weighted by atomic mass is 9.54. The zero-order valence-electron chi connectivity index (χ0n) is 36.3. The first-order valence-electron chi connectivity index (χ1n) is 21.5. The van der Waals surface area contributed by atoms with Gasteiger partial charge < -0.3 is 135 Å². The molecule has 4 fully saturated rings. The maximum absolute atomic E-state index is 4.50. The minimum Gasteiger partial charge on any atom is -1.00 e. The number of nitrogens with one attached hydrogen (secondary N) is 4. The molecule has 0 unspecified atom stereocenters. The van der Waals surface area contributed by atoms with Crippen molar-refractivity contribution >= 4 is 22.7 Å². The Morgan fingerprint density at radius 1 is 0.367 bits per heavy atom. The van der Waals surface area contributed by atoms with Crippen molar-refractivity contribution in [1.29, 1.82) is 0 Å². The van der Waals surface area contributed by atoms with Crippen LogP contribution in [0.2, 0.25) is 0 Å². The third-order valence-corrected chi connectivity index (χ3v) is 17.8. The zero-order chi connectivity index (χ0) is 38.5. The van der Waals surface area contributed by atoms with E-state index in [-0.39, 0.29) is 136 Å². The van der Waals surface area contributed by atoms with Gasteiger partial charge in [-0.15, -0.1) is 0 Å². The number of anilines is 4. The van der Waals surface area contributed by atoms with Gasteiger partial charge in [0.2, 0.25) is 0 Å². The van der Waals surface area contributed by atoms with Crippen molar-refractivity contribution in [2.45, 2.75) is 72.0 Å². The molecule has 4 N–H and O–H groups in total. The summed E-state index contributed by atoms with van der Waals surface area (Å²) in [6, 6.07) is 33.5. The second-order valence-corrected chi connectivity index (χ2v) is 21.6. The maximum atomic E-state index is 4.50. The highest BCUT2D eigenvalue weighted by atomic mass is 127. The van der Waals surface area contributed by atoms with Crippen molar-refractivity contribution in [3.8, 4) is 0 Å². The predicted octanol–water partition coefficient (Wildman–Crippen LogP) is -5.62. The van der Waals surface area contributed by atoms with E-state index in [1.807, 2.05) is 0 Å². The number of likely N-dealkylation sites (N-methyl/N-ethyl adjacent to an activating group) is 4. The highest BCUT2D eigenvalue weighted by Crippen LogP contribution is 2.70. The molecule has 8 nitrogen and oxygen atoms in total. The number of hydrogen-bond acceptors (Lipinski definition) is 4. The quantitative estimate of drug-likeness (QED) is 0.122. The molecule has 0 spiro atoms. The number of para-hydroxylation sites is 4. The Bertz CT molecular complexity index is 2400. The molecule has 8 atom stereocenters. The van der Waals surface area contributed by atoms with E-state index in [0.717, 1.165) is 43.9 Å². The van der Waals surface area contributed by atoms with Crippen molar-refractivity contribution in [2.75, 3.05) is 104 Å². The van der Waals surface area contributed by atoms with Crippen LogP contribution >= 0.6 is 0 Å². The summed E-state index contributed by atoms with van der Waals surface area (Å²) in [7, 11) is 19.7. The van der Waals surface area contributed by atoms with Gasteiger partial charge in [-0.3, -0.25) is 0 Å². The maximum Gasteiger partial charge on any atom is 0.176 e. The normalized spacial score (nSPS) is 35.9. The fourth-order valence-corrected chi connectivity index (χ4v) is 15.4. The number of nitrogens with zero attached hydrogens (tertiary/aromatic N) is 4. The molecule has 322 valence electrons. The molecule has 12 rings (SSSR count). The summed E-state index contributed by atoms with van der Waals surface area (Å²) >= 11 is 0. The molecule has 0 saturated carbocycles. The van der Waals surface area contributed by atoms with Gasteiger partial charge in [-0.25, -0.2) is 0 Å². The van der Waals surface area contributed by atoms with Gasteiger partial charge in [0.1, 0.15) is 10.8 Å². The van der Waals surface area contributed by atoms with Crippen molar-refractivity contribution in [2.24, 2.45) is 0 Å². The van der Waals surface area contributed by atoms with Crippen LogP contribution in [0.25, 0.3) is 0 Å². The van der Waals surface area contributed by atoms with Gasteiger partial charge in [0, 0.05) is 48.4 Å². The van der Waals surface area contributed by atoms with Crippen LogP contribution in [0, 0.1) is 0 Å². The molecule has 8 aliphatic heterocycles. The smallest absolute Gasteiger partial charge is 0.176 e. The summed E-state index contributed by atoms with van der Waals surface area (Å²) in [5.74, 6) is 0. The summed E-state index contributed by atoms with van der Waals surface area (Å²) in [6.45, 7) is 4.63. The first-order chi connectivity index (χ1) is 26.7. The minimum atomic E-state index is -0.168. The number of hydrogen-bond donors (Lipinski definition) is 4. The standard InChI is InChI=1S/C48H62N8.4HI/c1-53(2)27-23-45(31-15-9-11-21-37(31)49-41(45)53)33-17-13-18-34-39(33)51-42-46(34,24-28-54(42,3)4)35-19-14-20-36-40(35)52-44-48(36,26-30-56(44,7)8)47-25-29-55(5,6)43(47)50-38-22-12-10-16-32(38)47;;;;/h9-22,41-44,49-52H,23-30H2,1-8H3;4*1H/q+4;;;;/p-4/t41-,42-,43+,44-,45-,46-,47-,48+;;;;/m1..../s1.